The number of amides is 1. The van der Waals surface area contributed by atoms with Gasteiger partial charge in [-0.15, -0.1) is 0 Å². The monoisotopic (exact) mass is 226 g/mol. The molecule has 0 spiro atoms. The number of rotatable bonds is 2. The third kappa shape index (κ3) is 2.37. The molecule has 0 saturated carbocycles. The van der Waals surface area contributed by atoms with E-state index in [-0.39, 0.29) is 17.9 Å². The third-order valence-electron chi connectivity index (χ3n) is 3.23. The van der Waals surface area contributed by atoms with Crippen LogP contribution in [0.2, 0.25) is 0 Å². The van der Waals surface area contributed by atoms with Gasteiger partial charge >= 0.3 is 0 Å². The third-order valence-corrected chi connectivity index (χ3v) is 4.38. The molecule has 1 fully saturated rings. The number of carbonyl (C=O) groups is 1. The summed E-state index contributed by atoms with van der Waals surface area (Å²) in [5.74, 6) is 2.54. The molecule has 4 heteroatoms. The van der Waals surface area contributed by atoms with Crippen molar-refractivity contribution in [3.8, 4) is 0 Å². The SMILES string of the molecule is CN(C(=O)C1C=CC(N)C1)C1CCSC1. The average molecular weight is 226 g/mol. The van der Waals surface area contributed by atoms with Crippen LogP contribution >= 0.6 is 11.8 Å². The van der Waals surface area contributed by atoms with E-state index in [4.69, 9.17) is 5.73 Å². The predicted octanol–water partition coefficient (Wildman–Crippen LogP) is 0.854. The lowest BCUT2D eigenvalue weighted by Crippen LogP contribution is -2.40. The van der Waals surface area contributed by atoms with E-state index in [0.717, 1.165) is 18.6 Å². The van der Waals surface area contributed by atoms with Crippen molar-refractivity contribution in [3.05, 3.63) is 12.2 Å². The Morgan fingerprint density at radius 2 is 2.33 bits per heavy atom. The largest absolute Gasteiger partial charge is 0.341 e. The normalized spacial score (nSPS) is 34.7. The molecule has 0 aromatic rings. The van der Waals surface area contributed by atoms with Gasteiger partial charge in [0, 0.05) is 24.9 Å². The molecule has 1 amide bonds. The molecule has 1 aliphatic carbocycles. The Morgan fingerprint density at radius 3 is 2.87 bits per heavy atom. The van der Waals surface area contributed by atoms with Gasteiger partial charge < -0.3 is 10.6 Å². The molecule has 0 aromatic carbocycles. The summed E-state index contributed by atoms with van der Waals surface area (Å²) in [7, 11) is 1.93. The smallest absolute Gasteiger partial charge is 0.229 e. The van der Waals surface area contributed by atoms with Crippen molar-refractivity contribution in [1.29, 1.82) is 0 Å². The van der Waals surface area contributed by atoms with E-state index in [1.165, 1.54) is 5.75 Å². The summed E-state index contributed by atoms with van der Waals surface area (Å²) < 4.78 is 0. The Labute approximate surface area is 95.1 Å². The number of carbonyl (C=O) groups excluding carboxylic acids is 1. The summed E-state index contributed by atoms with van der Waals surface area (Å²) in [5, 5.41) is 0. The van der Waals surface area contributed by atoms with E-state index in [1.54, 1.807) is 0 Å². The first-order valence-corrected chi connectivity index (χ1v) is 6.62. The van der Waals surface area contributed by atoms with E-state index in [0.29, 0.717) is 6.04 Å². The minimum Gasteiger partial charge on any atom is -0.341 e. The maximum Gasteiger partial charge on any atom is 0.229 e. The van der Waals surface area contributed by atoms with Crippen LogP contribution in [0.3, 0.4) is 0 Å². The molecule has 3 unspecified atom stereocenters. The second-order valence-corrected chi connectivity index (χ2v) is 5.51. The second-order valence-electron chi connectivity index (χ2n) is 4.36. The van der Waals surface area contributed by atoms with Crippen molar-refractivity contribution in [2.24, 2.45) is 11.7 Å². The van der Waals surface area contributed by atoms with E-state index in [2.05, 4.69) is 0 Å². The van der Waals surface area contributed by atoms with Crippen LogP contribution in [0.25, 0.3) is 0 Å². The van der Waals surface area contributed by atoms with E-state index in [9.17, 15) is 4.79 Å². The minimum absolute atomic E-state index is 0.0237. The van der Waals surface area contributed by atoms with Gasteiger partial charge in [0.1, 0.15) is 0 Å². The number of hydrogen-bond acceptors (Lipinski definition) is 3. The van der Waals surface area contributed by atoms with Crippen LogP contribution in [0.5, 0.6) is 0 Å². The lowest BCUT2D eigenvalue weighted by molar-refractivity contribution is -0.134. The zero-order chi connectivity index (χ0) is 10.8. The first-order valence-electron chi connectivity index (χ1n) is 5.47. The molecule has 1 aliphatic heterocycles. The standard InChI is InChI=1S/C11H18N2OS/c1-13(10-4-5-15-7-10)11(14)8-2-3-9(12)6-8/h2-3,8-10H,4-7,12H2,1H3. The summed E-state index contributed by atoms with van der Waals surface area (Å²) in [4.78, 5) is 14.0. The van der Waals surface area contributed by atoms with Crippen LogP contribution in [0.15, 0.2) is 12.2 Å². The highest BCUT2D eigenvalue weighted by Gasteiger charge is 2.30. The fourth-order valence-electron chi connectivity index (χ4n) is 2.18. The molecule has 3 atom stereocenters. The van der Waals surface area contributed by atoms with Crippen molar-refractivity contribution in [1.82, 2.24) is 4.90 Å². The van der Waals surface area contributed by atoms with Crippen molar-refractivity contribution >= 4 is 17.7 Å². The molecular formula is C11H18N2OS. The lowest BCUT2D eigenvalue weighted by Gasteiger charge is -2.26. The molecule has 0 radical (unpaired) electrons. The highest BCUT2D eigenvalue weighted by Crippen LogP contribution is 2.25. The Bertz CT molecular complexity index is 274. The summed E-state index contributed by atoms with van der Waals surface area (Å²) in [6.07, 6.45) is 5.82. The Balaban J connectivity index is 1.92. The average Bonchev–Trinajstić information content (AvgIpc) is 2.85. The number of thioether (sulfide) groups is 1. The molecule has 15 heavy (non-hydrogen) atoms. The molecule has 2 N–H and O–H groups in total. The van der Waals surface area contributed by atoms with Gasteiger partial charge in [-0.3, -0.25) is 4.79 Å². The summed E-state index contributed by atoms with van der Waals surface area (Å²) in [6, 6.07) is 0.512. The first-order chi connectivity index (χ1) is 7.18. The van der Waals surface area contributed by atoms with Gasteiger partial charge in [0.05, 0.1) is 5.92 Å². The first kappa shape index (κ1) is 11.0. The maximum absolute atomic E-state index is 12.1. The molecule has 3 nitrogen and oxygen atoms in total. The van der Waals surface area contributed by atoms with E-state index in [1.807, 2.05) is 35.9 Å². The number of nitrogens with two attached hydrogens (primary N) is 1. The van der Waals surface area contributed by atoms with Crippen LogP contribution in [-0.4, -0.2) is 41.4 Å². The van der Waals surface area contributed by atoms with Crippen molar-refractivity contribution in [3.63, 3.8) is 0 Å². The molecule has 2 rings (SSSR count). The quantitative estimate of drug-likeness (QED) is 0.710. The van der Waals surface area contributed by atoms with E-state index >= 15 is 0 Å². The summed E-state index contributed by atoms with van der Waals surface area (Å²) in [5.41, 5.74) is 5.75. The van der Waals surface area contributed by atoms with E-state index < -0.39 is 0 Å². The van der Waals surface area contributed by atoms with Gasteiger partial charge in [-0.25, -0.2) is 0 Å². The van der Waals surface area contributed by atoms with Gasteiger partial charge in [-0.1, -0.05) is 12.2 Å². The zero-order valence-electron chi connectivity index (χ0n) is 9.06. The fraction of sp³-hybridized carbons (Fsp3) is 0.727. The number of hydrogen-bond donors (Lipinski definition) is 1. The van der Waals surface area contributed by atoms with Crippen LogP contribution in [0.1, 0.15) is 12.8 Å². The van der Waals surface area contributed by atoms with Crippen LogP contribution in [0, 0.1) is 5.92 Å². The van der Waals surface area contributed by atoms with Gasteiger partial charge in [0.15, 0.2) is 0 Å². The molecule has 0 aromatic heterocycles. The molecule has 84 valence electrons. The van der Waals surface area contributed by atoms with Gasteiger partial charge in [0.2, 0.25) is 5.91 Å². The van der Waals surface area contributed by atoms with Crippen LogP contribution < -0.4 is 5.73 Å². The van der Waals surface area contributed by atoms with Crippen LogP contribution in [0.4, 0.5) is 0 Å². The highest BCUT2D eigenvalue weighted by atomic mass is 32.2. The van der Waals surface area contributed by atoms with Crippen LogP contribution in [-0.2, 0) is 4.79 Å². The molecule has 0 bridgehead atoms. The molecular weight excluding hydrogens is 208 g/mol. The Kier molecular flexibility index (Phi) is 3.36. The zero-order valence-corrected chi connectivity index (χ0v) is 9.87. The lowest BCUT2D eigenvalue weighted by atomic mass is 10.1. The predicted molar refractivity (Wildman–Crippen MR) is 63.7 cm³/mol. The van der Waals surface area contributed by atoms with Gasteiger partial charge in [-0.05, 0) is 18.6 Å². The molecule has 2 aliphatic rings. The Morgan fingerprint density at radius 1 is 1.53 bits per heavy atom. The summed E-state index contributed by atoms with van der Waals surface area (Å²) >= 11 is 1.93. The Hall–Kier alpha value is -0.480. The molecule has 1 saturated heterocycles. The maximum atomic E-state index is 12.1. The fourth-order valence-corrected chi connectivity index (χ4v) is 3.45. The van der Waals surface area contributed by atoms with Gasteiger partial charge in [-0.2, -0.15) is 11.8 Å². The van der Waals surface area contributed by atoms with Crippen molar-refractivity contribution < 1.29 is 4.79 Å². The topological polar surface area (TPSA) is 46.3 Å². The highest BCUT2D eigenvalue weighted by molar-refractivity contribution is 7.99. The van der Waals surface area contributed by atoms with Gasteiger partial charge in [0.25, 0.3) is 0 Å². The van der Waals surface area contributed by atoms with Crippen molar-refractivity contribution in [2.45, 2.75) is 24.9 Å². The van der Waals surface area contributed by atoms with Crippen molar-refractivity contribution in [2.75, 3.05) is 18.6 Å². The number of nitrogens with zero attached hydrogens (tertiary/aromatic N) is 1. The second kappa shape index (κ2) is 4.58. The minimum atomic E-state index is 0.0237. The molecule has 1 heterocycles. The summed E-state index contributed by atoms with van der Waals surface area (Å²) in [6.45, 7) is 0.